The third-order valence-corrected chi connectivity index (χ3v) is 6.36. The van der Waals surface area contributed by atoms with E-state index in [0.717, 1.165) is 12.0 Å². The molecule has 0 bridgehead atoms. The zero-order chi connectivity index (χ0) is 25.2. The minimum Gasteiger partial charge on any atom is -0.492 e. The Balaban J connectivity index is 1.40. The normalized spacial score (nSPS) is 23.3. The molecule has 2 aromatic rings. The van der Waals surface area contributed by atoms with E-state index in [-0.39, 0.29) is 30.0 Å². The van der Waals surface area contributed by atoms with Gasteiger partial charge < -0.3 is 30.4 Å². The second-order valence-corrected chi connectivity index (χ2v) is 8.99. The minimum atomic E-state index is -0.655. The molecule has 8 heteroatoms. The highest BCUT2D eigenvalue weighted by molar-refractivity contribution is 5.69. The van der Waals surface area contributed by atoms with Crippen molar-refractivity contribution < 1.29 is 35.2 Å². The van der Waals surface area contributed by atoms with Crippen LogP contribution in [-0.2, 0) is 11.2 Å². The molecule has 1 aliphatic rings. The molecule has 5 unspecified atom stereocenters. The zero-order valence-electron chi connectivity index (χ0n) is 19.7. The topological polar surface area (TPSA) is 132 Å². The van der Waals surface area contributed by atoms with Gasteiger partial charge in [0.15, 0.2) is 0 Å². The maximum atomic E-state index is 11.9. The molecule has 0 aliphatic heterocycles. The number of aryl methyl sites for hydroxylation is 1. The smallest absolute Gasteiger partial charge is 0.333 e. The van der Waals surface area contributed by atoms with Crippen LogP contribution in [0.15, 0.2) is 66.8 Å². The molecule has 5 atom stereocenters. The van der Waals surface area contributed by atoms with Crippen LogP contribution in [0.5, 0.6) is 11.8 Å². The molecule has 5 N–H and O–H groups in total. The fraction of sp³-hybridized carbons (Fsp3) is 0.444. The van der Waals surface area contributed by atoms with Crippen molar-refractivity contribution in [2.45, 2.75) is 63.3 Å². The molecule has 1 aliphatic carbocycles. The first-order chi connectivity index (χ1) is 16.8. The number of benzene rings is 1. The van der Waals surface area contributed by atoms with Crippen LogP contribution in [0.4, 0.5) is 0 Å². The number of carbonyl (C=O) groups is 1. The van der Waals surface area contributed by atoms with Crippen LogP contribution in [-0.4, -0.2) is 54.5 Å². The summed E-state index contributed by atoms with van der Waals surface area (Å²) in [5.41, 5.74) is 1.16. The van der Waals surface area contributed by atoms with Gasteiger partial charge in [-0.3, -0.25) is 0 Å². The summed E-state index contributed by atoms with van der Waals surface area (Å²) < 4.78 is 0.664. The average Bonchev–Trinajstić information content (AvgIpc) is 3.30. The summed E-state index contributed by atoms with van der Waals surface area (Å²) in [5.74, 6) is -1.69. The maximum absolute atomic E-state index is 11.9. The van der Waals surface area contributed by atoms with Gasteiger partial charge in [0, 0.05) is 30.9 Å². The number of unbranched alkanes of at least 4 members (excludes halogenated alkanes) is 1. The first-order valence-corrected chi connectivity index (χ1v) is 12.1. The van der Waals surface area contributed by atoms with E-state index in [0.29, 0.717) is 36.8 Å². The summed E-state index contributed by atoms with van der Waals surface area (Å²) in [5, 5.41) is 50.1. The number of rotatable bonds is 12. The van der Waals surface area contributed by atoms with E-state index in [9.17, 15) is 30.3 Å². The molecule has 8 nitrogen and oxygen atoms in total. The van der Waals surface area contributed by atoms with Gasteiger partial charge in [0.05, 0.1) is 18.3 Å². The summed E-state index contributed by atoms with van der Waals surface area (Å²) in [6, 6.07) is 12.4. The van der Waals surface area contributed by atoms with Crippen molar-refractivity contribution in [2.24, 2.45) is 11.8 Å². The molecule has 0 saturated heterocycles. The highest BCUT2D eigenvalue weighted by atomic mass is 16.7. The van der Waals surface area contributed by atoms with Gasteiger partial charge in [0.25, 0.3) is 0 Å². The predicted molar refractivity (Wildman–Crippen MR) is 130 cm³/mol. The lowest BCUT2D eigenvalue weighted by molar-refractivity contribution is -0.145. The van der Waals surface area contributed by atoms with Crippen LogP contribution in [0.1, 0.15) is 44.1 Å². The lowest BCUT2D eigenvalue weighted by Gasteiger charge is -2.19. The lowest BCUT2D eigenvalue weighted by atomic mass is 9.89. The molecule has 0 amide bonds. The Morgan fingerprint density at radius 3 is 2.49 bits per heavy atom. The van der Waals surface area contributed by atoms with Gasteiger partial charge in [-0.15, -0.1) is 4.73 Å². The highest BCUT2D eigenvalue weighted by Crippen LogP contribution is 2.36. The van der Waals surface area contributed by atoms with Gasteiger partial charge in [-0.2, -0.15) is 0 Å². The first-order valence-electron chi connectivity index (χ1n) is 12.1. The summed E-state index contributed by atoms with van der Waals surface area (Å²) in [6.45, 7) is 0. The Morgan fingerprint density at radius 2 is 1.77 bits per heavy atom. The lowest BCUT2D eigenvalue weighted by Crippen LogP contribution is -2.20. The monoisotopic (exact) mass is 485 g/mol. The van der Waals surface area contributed by atoms with Crippen molar-refractivity contribution >= 4 is 5.97 Å². The van der Waals surface area contributed by atoms with Crippen LogP contribution >= 0.6 is 0 Å². The summed E-state index contributed by atoms with van der Waals surface area (Å²) in [7, 11) is 0. The van der Waals surface area contributed by atoms with Crippen LogP contribution in [0, 0.1) is 11.8 Å². The van der Waals surface area contributed by atoms with Crippen LogP contribution in [0.25, 0.3) is 0 Å². The largest absolute Gasteiger partial charge is 0.492 e. The van der Waals surface area contributed by atoms with Gasteiger partial charge in [-0.05, 0) is 43.6 Å². The molecule has 0 spiro atoms. The predicted octanol–water partition coefficient (Wildman–Crippen LogP) is 2.88. The molecule has 1 aromatic heterocycles. The molecule has 3 rings (SSSR count). The van der Waals surface area contributed by atoms with Crippen molar-refractivity contribution in [1.29, 1.82) is 0 Å². The van der Waals surface area contributed by atoms with Gasteiger partial charge in [0.1, 0.15) is 0 Å². The van der Waals surface area contributed by atoms with Gasteiger partial charge in [-0.1, -0.05) is 54.6 Å². The van der Waals surface area contributed by atoms with E-state index in [4.69, 9.17) is 4.84 Å². The standard InChI is InChI=1S/C27H35NO7/c29-20(13-12-19-8-4-3-5-9-19)14-15-22-21(23(30)18-24(22)31)10-6-1-2-7-11-27(34)35-28-25(32)16-17-26(28)33/h1,3-6,8-9,14-17,20-24,29-33H,2,7,10-13,18H2. The summed E-state index contributed by atoms with van der Waals surface area (Å²) in [6.07, 6.45) is 8.98. The number of hydrogen-bond acceptors (Lipinski definition) is 7. The Hall–Kier alpha value is -3.07. The maximum Gasteiger partial charge on any atom is 0.333 e. The van der Waals surface area contributed by atoms with Gasteiger partial charge in [-0.25, -0.2) is 4.79 Å². The molecule has 1 fully saturated rings. The van der Waals surface area contributed by atoms with E-state index in [2.05, 4.69) is 0 Å². The van der Waals surface area contributed by atoms with Crippen LogP contribution in [0.3, 0.4) is 0 Å². The molecular formula is C27H35NO7. The minimum absolute atomic E-state index is 0.110. The number of allylic oxidation sites excluding steroid dienone is 2. The number of aromatic hydroxyl groups is 2. The number of aliphatic hydroxyl groups is 3. The van der Waals surface area contributed by atoms with E-state index in [1.165, 1.54) is 12.1 Å². The SMILES string of the molecule is O=C(CCCC=CCC1C(O)CC(O)C1C=CC(O)CCc1ccccc1)On1c(O)ccc1O. The van der Waals surface area contributed by atoms with E-state index >= 15 is 0 Å². The average molecular weight is 486 g/mol. The molecular weight excluding hydrogens is 450 g/mol. The van der Waals surface area contributed by atoms with Crippen molar-refractivity contribution in [2.75, 3.05) is 0 Å². The molecule has 1 heterocycles. The van der Waals surface area contributed by atoms with Gasteiger partial charge >= 0.3 is 5.97 Å². The second kappa shape index (κ2) is 13.1. The quantitative estimate of drug-likeness (QED) is 0.231. The molecule has 1 saturated carbocycles. The summed E-state index contributed by atoms with van der Waals surface area (Å²) >= 11 is 0. The van der Waals surface area contributed by atoms with E-state index in [1.807, 2.05) is 48.6 Å². The third kappa shape index (κ3) is 7.99. The molecule has 35 heavy (non-hydrogen) atoms. The second-order valence-electron chi connectivity index (χ2n) is 8.99. The zero-order valence-corrected chi connectivity index (χ0v) is 19.7. The van der Waals surface area contributed by atoms with Crippen LogP contribution in [0.2, 0.25) is 0 Å². The number of aromatic nitrogens is 1. The van der Waals surface area contributed by atoms with Gasteiger partial charge in [0.2, 0.25) is 11.8 Å². The van der Waals surface area contributed by atoms with E-state index < -0.39 is 24.3 Å². The number of carbonyl (C=O) groups excluding carboxylic acids is 1. The van der Waals surface area contributed by atoms with Crippen molar-refractivity contribution in [3.05, 3.63) is 72.3 Å². The molecule has 0 radical (unpaired) electrons. The van der Waals surface area contributed by atoms with Crippen molar-refractivity contribution in [3.8, 4) is 11.8 Å². The Bertz CT molecular complexity index is 965. The molecule has 190 valence electrons. The number of aliphatic hydroxyl groups excluding tert-OH is 3. The van der Waals surface area contributed by atoms with Crippen LogP contribution < -0.4 is 4.84 Å². The Labute approximate surface area is 205 Å². The van der Waals surface area contributed by atoms with Crippen molar-refractivity contribution in [1.82, 2.24) is 4.73 Å². The fourth-order valence-electron chi connectivity index (χ4n) is 4.40. The van der Waals surface area contributed by atoms with Crippen molar-refractivity contribution in [3.63, 3.8) is 0 Å². The number of nitrogens with zero attached hydrogens (tertiary/aromatic N) is 1. The Kier molecular flexibility index (Phi) is 9.96. The first kappa shape index (κ1) is 26.5. The highest BCUT2D eigenvalue weighted by Gasteiger charge is 2.39. The third-order valence-electron chi connectivity index (χ3n) is 6.36. The number of hydrogen-bond donors (Lipinski definition) is 5. The Morgan fingerprint density at radius 1 is 1.06 bits per heavy atom. The fourth-order valence-corrected chi connectivity index (χ4v) is 4.40. The molecule has 1 aromatic carbocycles. The summed E-state index contributed by atoms with van der Waals surface area (Å²) in [4.78, 5) is 16.8. The van der Waals surface area contributed by atoms with E-state index in [1.54, 1.807) is 6.08 Å².